The Hall–Kier alpha value is -3.99. The Balaban J connectivity index is 1.42. The first kappa shape index (κ1) is 30.1. The van der Waals surface area contributed by atoms with Gasteiger partial charge in [-0.25, -0.2) is 0 Å². The molecule has 2 N–H and O–H groups in total. The minimum atomic E-state index is -1.46. The van der Waals surface area contributed by atoms with E-state index in [9.17, 15) is 24.3 Å². The van der Waals surface area contributed by atoms with Gasteiger partial charge in [0.05, 0.1) is 18.6 Å². The van der Waals surface area contributed by atoms with Crippen LogP contribution >= 0.6 is 11.6 Å². The second kappa shape index (κ2) is 12.6. The number of benzene rings is 2. The lowest BCUT2D eigenvalue weighted by molar-refractivity contribution is -0.159. The molecule has 11 heteroatoms. The summed E-state index contributed by atoms with van der Waals surface area (Å²) in [5.41, 5.74) is -0.159. The summed E-state index contributed by atoms with van der Waals surface area (Å²) in [7, 11) is 0. The number of likely N-dealkylation sites (tertiary alicyclic amines) is 1. The van der Waals surface area contributed by atoms with Crippen molar-refractivity contribution in [3.05, 3.63) is 89.5 Å². The highest BCUT2D eigenvalue weighted by Crippen LogP contribution is 2.53. The fourth-order valence-electron chi connectivity index (χ4n) is 6.74. The van der Waals surface area contributed by atoms with Gasteiger partial charge in [-0.05, 0) is 42.7 Å². The largest absolute Gasteiger partial charge is 0.455 e. The van der Waals surface area contributed by atoms with Gasteiger partial charge in [0.1, 0.15) is 23.7 Å². The van der Waals surface area contributed by atoms with Gasteiger partial charge < -0.3 is 29.7 Å². The molecule has 2 aromatic carbocycles. The molecule has 1 spiro atoms. The van der Waals surface area contributed by atoms with Crippen LogP contribution in [0.5, 0.6) is 0 Å². The maximum atomic E-state index is 14.4. The van der Waals surface area contributed by atoms with E-state index < -0.39 is 47.6 Å². The second-order valence-electron chi connectivity index (χ2n) is 11.4. The molecule has 0 saturated carbocycles. The minimum Gasteiger partial charge on any atom is -0.455 e. The van der Waals surface area contributed by atoms with Gasteiger partial charge in [0.15, 0.2) is 0 Å². The zero-order valence-electron chi connectivity index (χ0n) is 24.0. The first-order valence-electron chi connectivity index (χ1n) is 14.9. The zero-order chi connectivity index (χ0) is 30.8. The molecule has 44 heavy (non-hydrogen) atoms. The fourth-order valence-corrected chi connectivity index (χ4v) is 6.87. The van der Waals surface area contributed by atoms with Gasteiger partial charge in [0.2, 0.25) is 11.8 Å². The van der Waals surface area contributed by atoms with Crippen LogP contribution in [0.1, 0.15) is 30.9 Å². The van der Waals surface area contributed by atoms with Crippen LogP contribution < -0.4 is 10.2 Å². The van der Waals surface area contributed by atoms with E-state index in [4.69, 9.17) is 21.1 Å². The molecule has 0 aromatic heterocycles. The lowest BCUT2D eigenvalue weighted by Gasteiger charge is -2.35. The van der Waals surface area contributed by atoms with Crippen molar-refractivity contribution in [3.63, 3.8) is 0 Å². The van der Waals surface area contributed by atoms with Crippen molar-refractivity contribution in [3.8, 4) is 0 Å². The lowest BCUT2D eigenvalue weighted by atomic mass is 9.78. The third-order valence-electron chi connectivity index (χ3n) is 8.74. The van der Waals surface area contributed by atoms with Gasteiger partial charge in [-0.15, -0.1) is 0 Å². The highest BCUT2D eigenvalue weighted by molar-refractivity contribution is 6.30. The number of anilines is 1. The molecule has 230 valence electrons. The maximum Gasteiger partial charge on any atom is 0.313 e. The summed E-state index contributed by atoms with van der Waals surface area (Å²) < 4.78 is 12.8. The number of allylic oxidation sites excluding steroid dienone is 1. The third-order valence-corrected chi connectivity index (χ3v) is 8.99. The van der Waals surface area contributed by atoms with Crippen molar-refractivity contribution < 1.29 is 33.8 Å². The van der Waals surface area contributed by atoms with Crippen LogP contribution in [0.15, 0.2) is 78.9 Å². The summed E-state index contributed by atoms with van der Waals surface area (Å²) >= 11 is 6.10. The molecular weight excluding hydrogens is 586 g/mol. The summed E-state index contributed by atoms with van der Waals surface area (Å²) in [6.07, 6.45) is 6.22. The molecular formula is C33H34ClN3O7. The predicted octanol–water partition coefficient (Wildman–Crippen LogP) is 2.96. The molecule has 0 unspecified atom stereocenters. The van der Waals surface area contributed by atoms with Crippen molar-refractivity contribution in [2.45, 2.75) is 43.1 Å². The van der Waals surface area contributed by atoms with Crippen LogP contribution in [0.4, 0.5) is 5.69 Å². The van der Waals surface area contributed by atoms with Gasteiger partial charge in [-0.2, -0.15) is 0 Å². The van der Waals surface area contributed by atoms with E-state index in [1.807, 2.05) is 30.3 Å². The number of halogens is 1. The molecule has 4 aliphatic heterocycles. The molecule has 4 heterocycles. The lowest BCUT2D eigenvalue weighted by Crippen LogP contribution is -2.55. The van der Waals surface area contributed by atoms with Crippen LogP contribution in [0, 0.1) is 11.8 Å². The van der Waals surface area contributed by atoms with Gasteiger partial charge >= 0.3 is 5.97 Å². The molecule has 0 bridgehead atoms. The summed E-state index contributed by atoms with van der Waals surface area (Å²) in [5.74, 6) is -3.71. The first-order chi connectivity index (χ1) is 21.3. The number of cyclic esters (lactones) is 1. The Kier molecular flexibility index (Phi) is 8.57. The average Bonchev–Trinajstić information content (AvgIpc) is 3.41. The Labute approximate surface area is 260 Å². The van der Waals surface area contributed by atoms with Gasteiger partial charge in [-0.3, -0.25) is 19.2 Å². The predicted molar refractivity (Wildman–Crippen MR) is 161 cm³/mol. The van der Waals surface area contributed by atoms with Crippen LogP contribution in [0.3, 0.4) is 0 Å². The van der Waals surface area contributed by atoms with Crippen molar-refractivity contribution in [2.75, 3.05) is 31.1 Å². The van der Waals surface area contributed by atoms with Crippen LogP contribution in [0.25, 0.3) is 0 Å². The van der Waals surface area contributed by atoms with Crippen molar-refractivity contribution in [1.82, 2.24) is 10.2 Å². The van der Waals surface area contributed by atoms with Gasteiger partial charge in [0, 0.05) is 36.8 Å². The number of ether oxygens (including phenoxy) is 2. The van der Waals surface area contributed by atoms with Crippen LogP contribution in [0.2, 0.25) is 5.02 Å². The van der Waals surface area contributed by atoms with Gasteiger partial charge in [0.25, 0.3) is 5.91 Å². The topological polar surface area (TPSA) is 125 Å². The molecule has 0 aliphatic carbocycles. The number of aliphatic hydroxyl groups is 1. The third kappa shape index (κ3) is 5.42. The van der Waals surface area contributed by atoms with E-state index in [0.717, 1.165) is 0 Å². The number of fused-ring (bicyclic) bond motifs is 2. The molecule has 6 atom stereocenters. The smallest absolute Gasteiger partial charge is 0.313 e. The monoisotopic (exact) mass is 619 g/mol. The summed E-state index contributed by atoms with van der Waals surface area (Å²) in [5, 5.41) is 13.0. The fraction of sp³-hybridized carbons (Fsp3) is 0.394. The molecule has 0 radical (unpaired) electrons. The number of rotatable bonds is 5. The van der Waals surface area contributed by atoms with Crippen molar-refractivity contribution in [2.24, 2.45) is 11.8 Å². The quantitative estimate of drug-likeness (QED) is 0.389. The maximum absolute atomic E-state index is 14.4. The SMILES string of the molecule is O=C1CC/C=C\[C@H]2O[C@]34C=CCN(c5ccc(Cl)cc5)C(=O)[C@H]3N(CCCO)C(=O)[C@@H]4[C@H]2C(=O)O[C@H](c2ccccc2)CN1. The number of amides is 3. The summed E-state index contributed by atoms with van der Waals surface area (Å²) in [4.78, 5) is 58.4. The molecule has 2 fully saturated rings. The van der Waals surface area contributed by atoms with E-state index in [-0.39, 0.29) is 50.9 Å². The Bertz CT molecular complexity index is 1480. The van der Waals surface area contributed by atoms with E-state index in [2.05, 4.69) is 5.32 Å². The highest BCUT2D eigenvalue weighted by Gasteiger charge is 2.71. The minimum absolute atomic E-state index is 0.0694. The molecule has 3 amide bonds. The average molecular weight is 620 g/mol. The van der Waals surface area contributed by atoms with E-state index >= 15 is 0 Å². The number of nitrogens with zero attached hydrogens (tertiary/aromatic N) is 2. The van der Waals surface area contributed by atoms with Crippen LogP contribution in [-0.4, -0.2) is 77.7 Å². The number of hydrogen-bond acceptors (Lipinski definition) is 7. The van der Waals surface area contributed by atoms with E-state index in [1.165, 1.54) is 4.90 Å². The number of esters is 1. The van der Waals surface area contributed by atoms with Crippen molar-refractivity contribution >= 4 is 41.0 Å². The first-order valence-corrected chi connectivity index (χ1v) is 15.2. The number of aliphatic hydroxyl groups excluding tert-OH is 1. The van der Waals surface area contributed by atoms with Crippen LogP contribution in [-0.2, 0) is 28.7 Å². The normalized spacial score (nSPS) is 31.2. The number of carbonyl (C=O) groups is 4. The number of carbonyl (C=O) groups excluding carboxylic acids is 4. The Morgan fingerprint density at radius 1 is 1.00 bits per heavy atom. The molecule has 6 rings (SSSR count). The van der Waals surface area contributed by atoms with E-state index in [1.54, 1.807) is 53.5 Å². The summed E-state index contributed by atoms with van der Waals surface area (Å²) in [6, 6.07) is 14.9. The molecule has 2 saturated heterocycles. The molecule has 10 nitrogen and oxygen atoms in total. The van der Waals surface area contributed by atoms with Gasteiger partial charge in [-0.1, -0.05) is 66.2 Å². The second-order valence-corrected chi connectivity index (χ2v) is 11.8. The number of nitrogens with one attached hydrogen (secondary N) is 1. The Morgan fingerprint density at radius 2 is 1.77 bits per heavy atom. The summed E-state index contributed by atoms with van der Waals surface area (Å²) in [6.45, 7) is 0.216. The van der Waals surface area contributed by atoms with E-state index in [0.29, 0.717) is 22.7 Å². The Morgan fingerprint density at radius 3 is 2.52 bits per heavy atom. The van der Waals surface area contributed by atoms with Crippen molar-refractivity contribution in [1.29, 1.82) is 0 Å². The number of hydrogen-bond donors (Lipinski definition) is 2. The molecule has 2 aromatic rings. The standard InChI is InChI=1S/C33H34ClN3O7/c34-22-12-14-23(15-13-22)36-17-6-16-33-28(30(40)37(18-7-19-38)29(33)31(36)41)27-24(44-33)10-4-5-11-26(39)35-20-25(43-32(27)42)21-8-2-1-3-9-21/h1-4,6,8-10,12-16,24-25,27-29,38H,5,7,11,17-20H2,(H,35,39)/b10-4-/t24-,25+,27+,28+,29-,33+/m1/s1. The zero-order valence-corrected chi connectivity index (χ0v) is 24.8. The highest BCUT2D eigenvalue weighted by atomic mass is 35.5. The molecule has 4 aliphatic rings.